The highest BCUT2D eigenvalue weighted by molar-refractivity contribution is 5.75. The number of benzene rings is 1. The molecule has 3 heteroatoms. The van der Waals surface area contributed by atoms with Crippen molar-refractivity contribution in [3.8, 4) is 0 Å². The van der Waals surface area contributed by atoms with Gasteiger partial charge in [-0.15, -0.1) is 0 Å². The average Bonchev–Trinajstić information content (AvgIpc) is 3.04. The second-order valence-corrected chi connectivity index (χ2v) is 5.70. The molecule has 3 nitrogen and oxygen atoms in total. The topological polar surface area (TPSA) is 29.9 Å². The van der Waals surface area contributed by atoms with Crippen LogP contribution in [0.1, 0.15) is 31.5 Å². The van der Waals surface area contributed by atoms with E-state index in [1.165, 1.54) is 31.2 Å². The van der Waals surface area contributed by atoms with Crippen molar-refractivity contribution < 1.29 is 0 Å². The van der Waals surface area contributed by atoms with E-state index in [-0.39, 0.29) is 0 Å². The third kappa shape index (κ3) is 2.39. The second-order valence-electron chi connectivity index (χ2n) is 5.70. The third-order valence-corrected chi connectivity index (χ3v) is 4.56. The van der Waals surface area contributed by atoms with Crippen molar-refractivity contribution in [3.63, 3.8) is 0 Å². The molecule has 1 saturated carbocycles. The quantitative estimate of drug-likeness (QED) is 0.912. The summed E-state index contributed by atoms with van der Waals surface area (Å²) in [5.41, 5.74) is 2.37. The van der Waals surface area contributed by atoms with Gasteiger partial charge in [-0.3, -0.25) is 0 Å². The van der Waals surface area contributed by atoms with Crippen molar-refractivity contribution in [2.45, 2.75) is 45.2 Å². The maximum absolute atomic E-state index is 4.66. The van der Waals surface area contributed by atoms with E-state index in [9.17, 15) is 0 Å². The fourth-order valence-corrected chi connectivity index (χ4v) is 3.46. The predicted molar refractivity (Wildman–Crippen MR) is 79.3 cm³/mol. The largest absolute Gasteiger partial charge is 0.327 e. The molecule has 3 rings (SSSR count). The number of likely N-dealkylation sites (N-methyl/N-ethyl adjacent to an activating group) is 1. The predicted octanol–water partition coefficient (Wildman–Crippen LogP) is 3.12. The van der Waals surface area contributed by atoms with Gasteiger partial charge in [0.15, 0.2) is 0 Å². The number of hydrogen-bond acceptors (Lipinski definition) is 2. The highest BCUT2D eigenvalue weighted by Gasteiger charge is 2.24. The van der Waals surface area contributed by atoms with E-state index in [2.05, 4.69) is 53.1 Å². The Morgan fingerprint density at radius 2 is 2.05 bits per heavy atom. The first kappa shape index (κ1) is 12.7. The van der Waals surface area contributed by atoms with Gasteiger partial charge in [0, 0.05) is 12.6 Å². The van der Waals surface area contributed by atoms with E-state index >= 15 is 0 Å². The zero-order chi connectivity index (χ0) is 13.2. The smallest absolute Gasteiger partial charge is 0.106 e. The Balaban J connectivity index is 1.89. The molecule has 0 saturated heterocycles. The summed E-state index contributed by atoms with van der Waals surface area (Å²) in [4.78, 5) is 4.66. The first-order valence-electron chi connectivity index (χ1n) is 7.38. The molecule has 1 unspecified atom stereocenters. The monoisotopic (exact) mass is 257 g/mol. The maximum Gasteiger partial charge on any atom is 0.106 e. The Labute approximate surface area is 115 Å². The van der Waals surface area contributed by atoms with Gasteiger partial charge < -0.3 is 9.88 Å². The molecule has 0 amide bonds. The SMILES string of the molecule is CNC(Cn1c(C)nc2ccccc21)C1CCCC1. The van der Waals surface area contributed by atoms with Crippen molar-refractivity contribution in [2.24, 2.45) is 5.92 Å². The molecule has 1 aromatic heterocycles. The van der Waals surface area contributed by atoms with Crippen LogP contribution in [0, 0.1) is 12.8 Å². The van der Waals surface area contributed by atoms with Gasteiger partial charge in [0.2, 0.25) is 0 Å². The summed E-state index contributed by atoms with van der Waals surface area (Å²) in [7, 11) is 2.09. The summed E-state index contributed by atoms with van der Waals surface area (Å²) in [5.74, 6) is 1.95. The van der Waals surface area contributed by atoms with Crippen LogP contribution in [0.2, 0.25) is 0 Å². The molecule has 0 radical (unpaired) electrons. The Kier molecular flexibility index (Phi) is 3.56. The average molecular weight is 257 g/mol. The number of aryl methyl sites for hydroxylation is 1. The van der Waals surface area contributed by atoms with Crippen LogP contribution in [0.15, 0.2) is 24.3 Å². The van der Waals surface area contributed by atoms with Gasteiger partial charge in [-0.2, -0.15) is 0 Å². The van der Waals surface area contributed by atoms with Crippen molar-refractivity contribution in [2.75, 3.05) is 7.05 Å². The van der Waals surface area contributed by atoms with Crippen LogP contribution in [0.4, 0.5) is 0 Å². The molecule has 0 bridgehead atoms. The molecule has 1 N–H and O–H groups in total. The lowest BCUT2D eigenvalue weighted by Crippen LogP contribution is -2.36. The molecule has 1 fully saturated rings. The van der Waals surface area contributed by atoms with Crippen molar-refractivity contribution in [1.29, 1.82) is 0 Å². The molecular weight excluding hydrogens is 234 g/mol. The summed E-state index contributed by atoms with van der Waals surface area (Å²) in [6.07, 6.45) is 5.54. The number of nitrogens with zero attached hydrogens (tertiary/aromatic N) is 2. The van der Waals surface area contributed by atoms with Crippen LogP contribution in [0.25, 0.3) is 11.0 Å². The summed E-state index contributed by atoms with van der Waals surface area (Å²) in [5, 5.41) is 3.53. The zero-order valence-electron chi connectivity index (χ0n) is 11.9. The normalized spacial score (nSPS) is 18.2. The Hall–Kier alpha value is -1.35. The summed E-state index contributed by atoms with van der Waals surface area (Å²) in [6, 6.07) is 9.01. The lowest BCUT2D eigenvalue weighted by Gasteiger charge is -2.24. The third-order valence-electron chi connectivity index (χ3n) is 4.56. The molecule has 0 aliphatic heterocycles. The van der Waals surface area contributed by atoms with Crippen LogP contribution in [-0.4, -0.2) is 22.6 Å². The van der Waals surface area contributed by atoms with Crippen LogP contribution >= 0.6 is 0 Å². The lowest BCUT2D eigenvalue weighted by molar-refractivity contribution is 0.341. The highest BCUT2D eigenvalue weighted by Crippen LogP contribution is 2.29. The molecule has 1 atom stereocenters. The summed E-state index contributed by atoms with van der Waals surface area (Å²) >= 11 is 0. The second kappa shape index (κ2) is 5.33. The van der Waals surface area contributed by atoms with Gasteiger partial charge in [0.05, 0.1) is 11.0 Å². The van der Waals surface area contributed by atoms with Crippen LogP contribution in [0.3, 0.4) is 0 Å². The molecule has 1 aliphatic rings. The minimum absolute atomic E-state index is 0.568. The number of imidazole rings is 1. The Morgan fingerprint density at radius 1 is 1.32 bits per heavy atom. The van der Waals surface area contributed by atoms with Crippen molar-refractivity contribution in [3.05, 3.63) is 30.1 Å². The number of hydrogen-bond donors (Lipinski definition) is 1. The van der Waals surface area contributed by atoms with Gasteiger partial charge in [-0.05, 0) is 44.9 Å². The molecule has 1 heterocycles. The molecular formula is C16H23N3. The van der Waals surface area contributed by atoms with E-state index < -0.39 is 0 Å². The summed E-state index contributed by atoms with van der Waals surface area (Å²) < 4.78 is 2.37. The summed E-state index contributed by atoms with van der Waals surface area (Å²) in [6.45, 7) is 3.15. The molecule has 1 aromatic carbocycles. The minimum atomic E-state index is 0.568. The number of rotatable bonds is 4. The van der Waals surface area contributed by atoms with Crippen molar-refractivity contribution in [1.82, 2.24) is 14.9 Å². The van der Waals surface area contributed by atoms with Gasteiger partial charge in [0.25, 0.3) is 0 Å². The molecule has 102 valence electrons. The number of para-hydroxylation sites is 2. The van der Waals surface area contributed by atoms with E-state index in [1.807, 2.05) is 0 Å². The minimum Gasteiger partial charge on any atom is -0.327 e. The highest BCUT2D eigenvalue weighted by atomic mass is 15.1. The van der Waals surface area contributed by atoms with Gasteiger partial charge >= 0.3 is 0 Å². The van der Waals surface area contributed by atoms with Crippen LogP contribution < -0.4 is 5.32 Å². The van der Waals surface area contributed by atoms with Gasteiger partial charge in [-0.25, -0.2) is 4.98 Å². The zero-order valence-corrected chi connectivity index (χ0v) is 11.9. The molecule has 2 aromatic rings. The van der Waals surface area contributed by atoms with Crippen molar-refractivity contribution >= 4 is 11.0 Å². The number of fused-ring (bicyclic) bond motifs is 1. The first-order chi connectivity index (χ1) is 9.29. The standard InChI is InChI=1S/C16H23N3/c1-12-18-14-9-5-6-10-16(14)19(12)11-15(17-2)13-7-3-4-8-13/h5-6,9-10,13,15,17H,3-4,7-8,11H2,1-2H3. The van der Waals surface area contributed by atoms with Gasteiger partial charge in [-0.1, -0.05) is 25.0 Å². The molecule has 19 heavy (non-hydrogen) atoms. The number of nitrogens with one attached hydrogen (secondary N) is 1. The van der Waals surface area contributed by atoms with E-state index in [0.717, 1.165) is 23.8 Å². The lowest BCUT2D eigenvalue weighted by atomic mass is 9.98. The van der Waals surface area contributed by atoms with Gasteiger partial charge in [0.1, 0.15) is 5.82 Å². The fourth-order valence-electron chi connectivity index (χ4n) is 3.46. The fraction of sp³-hybridized carbons (Fsp3) is 0.562. The van der Waals surface area contributed by atoms with E-state index in [1.54, 1.807) is 0 Å². The molecule has 1 aliphatic carbocycles. The van der Waals surface area contributed by atoms with E-state index in [4.69, 9.17) is 0 Å². The molecule has 0 spiro atoms. The first-order valence-corrected chi connectivity index (χ1v) is 7.38. The van der Waals surface area contributed by atoms with Crippen LogP contribution in [-0.2, 0) is 6.54 Å². The Morgan fingerprint density at radius 3 is 2.79 bits per heavy atom. The van der Waals surface area contributed by atoms with Crippen LogP contribution in [0.5, 0.6) is 0 Å². The Bertz CT molecular complexity index is 552. The maximum atomic E-state index is 4.66. The van der Waals surface area contributed by atoms with E-state index in [0.29, 0.717) is 6.04 Å². The number of aromatic nitrogens is 2.